The lowest BCUT2D eigenvalue weighted by atomic mass is 9.90. The smallest absolute Gasteiger partial charge is 0.311 e. The van der Waals surface area contributed by atoms with E-state index in [0.717, 1.165) is 31.6 Å². The van der Waals surface area contributed by atoms with E-state index in [1.807, 2.05) is 0 Å². The first-order chi connectivity index (χ1) is 12.1. The first-order valence-corrected chi connectivity index (χ1v) is 8.43. The highest BCUT2D eigenvalue weighted by Gasteiger charge is 2.28. The number of hydrogen-bond donors (Lipinski definition) is 2. The van der Waals surface area contributed by atoms with E-state index < -0.39 is 11.0 Å². The molecule has 2 aromatic rings. The van der Waals surface area contributed by atoms with Crippen LogP contribution in [0.2, 0.25) is 0 Å². The largest absolute Gasteiger partial charge is 0.487 e. The number of aliphatic hydroxyl groups excluding tert-OH is 1. The highest BCUT2D eigenvalue weighted by atomic mass is 16.6. The molecule has 8 heteroatoms. The van der Waals surface area contributed by atoms with Crippen molar-refractivity contribution in [1.82, 2.24) is 9.97 Å². The predicted molar refractivity (Wildman–Crippen MR) is 92.7 cm³/mol. The van der Waals surface area contributed by atoms with Gasteiger partial charge in [-0.15, -0.1) is 0 Å². The zero-order valence-corrected chi connectivity index (χ0v) is 14.1. The third-order valence-corrected chi connectivity index (χ3v) is 4.59. The Hall–Kier alpha value is -2.61. The molecule has 0 amide bonds. The summed E-state index contributed by atoms with van der Waals surface area (Å²) in [7, 11) is 0. The third-order valence-electron chi connectivity index (χ3n) is 4.59. The first kappa shape index (κ1) is 17.2. The van der Waals surface area contributed by atoms with Gasteiger partial charge >= 0.3 is 5.69 Å². The normalized spacial score (nSPS) is 16.6. The Labute approximate surface area is 145 Å². The number of hydrogen-bond acceptors (Lipinski definition) is 6. The van der Waals surface area contributed by atoms with Gasteiger partial charge in [0.05, 0.1) is 11.5 Å². The Morgan fingerprint density at radius 3 is 2.84 bits per heavy atom. The summed E-state index contributed by atoms with van der Waals surface area (Å²) >= 11 is 0. The van der Waals surface area contributed by atoms with Crippen molar-refractivity contribution in [2.45, 2.75) is 25.9 Å². The molecule has 25 heavy (non-hydrogen) atoms. The van der Waals surface area contributed by atoms with Crippen LogP contribution >= 0.6 is 0 Å². The topological polar surface area (TPSA) is 105 Å². The molecule has 0 radical (unpaired) electrons. The first-order valence-electron chi connectivity index (χ1n) is 8.43. The molecule has 2 N–H and O–H groups in total. The zero-order chi connectivity index (χ0) is 17.8. The second-order valence-corrected chi connectivity index (χ2v) is 6.09. The molecule has 2 heterocycles. The number of nitrogens with zero attached hydrogens (tertiary/aromatic N) is 3. The molecule has 8 nitrogen and oxygen atoms in total. The van der Waals surface area contributed by atoms with Gasteiger partial charge in [-0.05, 0) is 31.7 Å². The summed E-state index contributed by atoms with van der Waals surface area (Å²) in [6.45, 7) is 3.72. The van der Waals surface area contributed by atoms with Gasteiger partial charge in [0.2, 0.25) is 0 Å². The standard InChI is InChI=1S/C17H22N4O4/c1-2-25-15-11-13(3-4-14(15)21(23)24)20-9-5-12(6-10-20)16(22)17-18-7-8-19-17/h3-4,7-8,11-12,16,22H,2,5-6,9-10H2,1H3,(H,18,19). The molecular weight excluding hydrogens is 324 g/mol. The maximum Gasteiger partial charge on any atom is 0.311 e. The van der Waals surface area contributed by atoms with E-state index in [1.54, 1.807) is 31.5 Å². The minimum absolute atomic E-state index is 0.0197. The second-order valence-electron chi connectivity index (χ2n) is 6.09. The van der Waals surface area contributed by atoms with Crippen LogP contribution in [0.15, 0.2) is 30.6 Å². The van der Waals surface area contributed by atoms with Gasteiger partial charge in [-0.25, -0.2) is 4.98 Å². The Balaban J connectivity index is 1.68. The van der Waals surface area contributed by atoms with Crippen LogP contribution in [0.4, 0.5) is 11.4 Å². The lowest BCUT2D eigenvalue weighted by molar-refractivity contribution is -0.385. The molecule has 3 rings (SSSR count). The Kier molecular flexibility index (Phi) is 5.18. The molecule has 134 valence electrons. The van der Waals surface area contributed by atoms with Crippen molar-refractivity contribution in [3.63, 3.8) is 0 Å². The zero-order valence-electron chi connectivity index (χ0n) is 14.1. The molecule has 1 unspecified atom stereocenters. The maximum absolute atomic E-state index is 11.1. The van der Waals surface area contributed by atoms with Crippen molar-refractivity contribution < 1.29 is 14.8 Å². The van der Waals surface area contributed by atoms with E-state index in [1.165, 1.54) is 6.07 Å². The molecule has 0 spiro atoms. The molecular formula is C17H22N4O4. The number of aliphatic hydroxyl groups is 1. The summed E-state index contributed by atoms with van der Waals surface area (Å²) < 4.78 is 5.42. The fourth-order valence-electron chi connectivity index (χ4n) is 3.26. The van der Waals surface area contributed by atoms with E-state index in [4.69, 9.17) is 4.74 Å². The Morgan fingerprint density at radius 2 is 2.24 bits per heavy atom. The second kappa shape index (κ2) is 7.52. The minimum atomic E-state index is -0.590. The fourth-order valence-corrected chi connectivity index (χ4v) is 3.26. The summed E-state index contributed by atoms with van der Waals surface area (Å²) in [5, 5.41) is 21.5. The van der Waals surface area contributed by atoms with E-state index in [2.05, 4.69) is 14.9 Å². The third kappa shape index (κ3) is 3.74. The monoisotopic (exact) mass is 346 g/mol. The summed E-state index contributed by atoms with van der Waals surface area (Å²) in [6.07, 6.45) is 4.40. The van der Waals surface area contributed by atoms with Crippen molar-refractivity contribution in [2.75, 3.05) is 24.6 Å². The number of ether oxygens (including phenoxy) is 1. The number of nitro groups is 1. The van der Waals surface area contributed by atoms with Crippen molar-refractivity contribution >= 4 is 11.4 Å². The van der Waals surface area contributed by atoms with Gasteiger partial charge in [0.15, 0.2) is 5.75 Å². The highest BCUT2D eigenvalue weighted by molar-refractivity contribution is 5.59. The van der Waals surface area contributed by atoms with Gasteiger partial charge in [-0.2, -0.15) is 0 Å². The van der Waals surface area contributed by atoms with Crippen LogP contribution in [0.1, 0.15) is 31.7 Å². The lowest BCUT2D eigenvalue weighted by Gasteiger charge is -2.35. The summed E-state index contributed by atoms with van der Waals surface area (Å²) in [6, 6.07) is 4.97. The Morgan fingerprint density at radius 1 is 1.48 bits per heavy atom. The number of piperidine rings is 1. The van der Waals surface area contributed by atoms with Gasteiger partial charge in [-0.1, -0.05) is 0 Å². The van der Waals surface area contributed by atoms with Crippen LogP contribution in [-0.2, 0) is 0 Å². The van der Waals surface area contributed by atoms with Crippen molar-refractivity contribution in [3.8, 4) is 5.75 Å². The van der Waals surface area contributed by atoms with Gasteiger partial charge in [-0.3, -0.25) is 10.1 Å². The molecule has 0 saturated carbocycles. The number of H-pyrrole nitrogens is 1. The molecule has 0 bridgehead atoms. The van der Waals surface area contributed by atoms with Crippen LogP contribution < -0.4 is 9.64 Å². The number of anilines is 1. The Bertz CT molecular complexity index is 711. The van der Waals surface area contributed by atoms with Gasteiger partial charge < -0.3 is 19.7 Å². The number of rotatable bonds is 6. The number of imidazole rings is 1. The average molecular weight is 346 g/mol. The van der Waals surface area contributed by atoms with Gasteiger partial charge in [0.25, 0.3) is 0 Å². The molecule has 1 fully saturated rings. The van der Waals surface area contributed by atoms with Gasteiger partial charge in [0, 0.05) is 43.3 Å². The lowest BCUT2D eigenvalue weighted by Crippen LogP contribution is -2.35. The molecule has 1 aliphatic heterocycles. The average Bonchev–Trinajstić information content (AvgIpc) is 3.16. The van der Waals surface area contributed by atoms with Crippen molar-refractivity contribution in [3.05, 3.63) is 46.5 Å². The van der Waals surface area contributed by atoms with Crippen molar-refractivity contribution in [1.29, 1.82) is 0 Å². The summed E-state index contributed by atoms with van der Waals surface area (Å²) in [5.41, 5.74) is 0.883. The molecule has 1 aromatic carbocycles. The fraction of sp³-hybridized carbons (Fsp3) is 0.471. The van der Waals surface area contributed by atoms with Crippen LogP contribution in [0, 0.1) is 16.0 Å². The molecule has 1 atom stereocenters. The van der Waals surface area contributed by atoms with Crippen LogP contribution in [-0.4, -0.2) is 39.7 Å². The van der Waals surface area contributed by atoms with E-state index in [0.29, 0.717) is 18.2 Å². The molecule has 0 aliphatic carbocycles. The summed E-state index contributed by atoms with van der Waals surface area (Å²) in [5.74, 6) is 1.04. The number of aromatic nitrogens is 2. The van der Waals surface area contributed by atoms with Crippen LogP contribution in [0.25, 0.3) is 0 Å². The van der Waals surface area contributed by atoms with Crippen LogP contribution in [0.3, 0.4) is 0 Å². The maximum atomic E-state index is 11.1. The van der Waals surface area contributed by atoms with E-state index >= 15 is 0 Å². The SMILES string of the molecule is CCOc1cc(N2CCC(C(O)c3ncc[nH]3)CC2)ccc1[N+](=O)[O-]. The van der Waals surface area contributed by atoms with Gasteiger partial charge in [0.1, 0.15) is 11.9 Å². The van der Waals surface area contributed by atoms with Crippen LogP contribution in [0.5, 0.6) is 5.75 Å². The number of nitro benzene ring substituents is 1. The number of benzene rings is 1. The molecule has 1 aromatic heterocycles. The minimum Gasteiger partial charge on any atom is -0.487 e. The quantitative estimate of drug-likeness (QED) is 0.615. The van der Waals surface area contributed by atoms with E-state index in [9.17, 15) is 15.2 Å². The summed E-state index contributed by atoms with van der Waals surface area (Å²) in [4.78, 5) is 19.9. The highest BCUT2D eigenvalue weighted by Crippen LogP contribution is 2.35. The predicted octanol–water partition coefficient (Wildman–Crippen LogP) is 2.67. The number of aromatic amines is 1. The molecule has 1 saturated heterocycles. The molecule has 1 aliphatic rings. The number of nitrogens with one attached hydrogen (secondary N) is 1. The van der Waals surface area contributed by atoms with E-state index in [-0.39, 0.29) is 11.6 Å². The van der Waals surface area contributed by atoms with Crippen molar-refractivity contribution in [2.24, 2.45) is 5.92 Å².